The van der Waals surface area contributed by atoms with Crippen LogP contribution in [0.5, 0.6) is 0 Å². The third kappa shape index (κ3) is 3.51. The fourth-order valence-electron chi connectivity index (χ4n) is 2.64. The lowest BCUT2D eigenvalue weighted by molar-refractivity contribution is -0.125. The molecule has 130 valence electrons. The normalized spacial score (nSPS) is 11.5. The Morgan fingerprint density at radius 1 is 1.21 bits per heavy atom. The van der Waals surface area contributed by atoms with Gasteiger partial charge in [0.25, 0.3) is 10.0 Å². The maximum atomic E-state index is 12.6. The summed E-state index contributed by atoms with van der Waals surface area (Å²) >= 11 is 0. The van der Waals surface area contributed by atoms with E-state index in [1.807, 2.05) is 32.0 Å². The molecule has 0 spiro atoms. The molecule has 6 nitrogen and oxygen atoms in total. The number of aryl methyl sites for hydroxylation is 5. The Hall–Kier alpha value is -2.15. The Bertz CT molecular complexity index is 849. The summed E-state index contributed by atoms with van der Waals surface area (Å²) < 4.78 is 30.9. The van der Waals surface area contributed by atoms with Crippen LogP contribution in [0.1, 0.15) is 34.6 Å². The van der Waals surface area contributed by atoms with Gasteiger partial charge in [-0.3, -0.25) is 4.79 Å². The highest BCUT2D eigenvalue weighted by molar-refractivity contribution is 7.89. The molecule has 0 aliphatic carbocycles. The van der Waals surface area contributed by atoms with Crippen LogP contribution in [0, 0.1) is 27.7 Å². The maximum Gasteiger partial charge on any atom is 0.271 e. The molecule has 0 fully saturated rings. The van der Waals surface area contributed by atoms with Crippen LogP contribution in [0.4, 0.5) is 0 Å². The first-order valence-corrected chi connectivity index (χ1v) is 9.09. The van der Waals surface area contributed by atoms with Gasteiger partial charge in [0, 0.05) is 13.5 Å². The number of amides is 1. The van der Waals surface area contributed by atoms with Gasteiger partial charge in [-0.05, 0) is 45.2 Å². The summed E-state index contributed by atoms with van der Waals surface area (Å²) in [5, 5.41) is 3.65. The second-order valence-electron chi connectivity index (χ2n) is 5.95. The summed E-state index contributed by atoms with van der Waals surface area (Å²) in [6, 6.07) is 6.00. The predicted octanol–water partition coefficient (Wildman–Crippen LogP) is 2.69. The molecule has 0 bridgehead atoms. The van der Waals surface area contributed by atoms with Gasteiger partial charge in [-0.25, -0.2) is 12.7 Å². The molecule has 0 unspecified atom stereocenters. The van der Waals surface area contributed by atoms with Gasteiger partial charge in [0.05, 0.1) is 0 Å². The van der Waals surface area contributed by atoms with Gasteiger partial charge in [-0.2, -0.15) is 0 Å². The van der Waals surface area contributed by atoms with Crippen LogP contribution < -0.4 is 0 Å². The summed E-state index contributed by atoms with van der Waals surface area (Å²) in [6.45, 7) is 7.04. The number of hydrogen-bond acceptors (Lipinski definition) is 5. The minimum Gasteiger partial charge on any atom is -0.360 e. The lowest BCUT2D eigenvalue weighted by atomic mass is 10.0. The fraction of sp³-hybridized carbons (Fsp3) is 0.412. The van der Waals surface area contributed by atoms with Crippen LogP contribution in [-0.4, -0.2) is 30.8 Å². The zero-order valence-corrected chi connectivity index (χ0v) is 15.4. The van der Waals surface area contributed by atoms with E-state index in [1.54, 1.807) is 0 Å². The molecule has 0 radical (unpaired) electrons. The van der Waals surface area contributed by atoms with Crippen molar-refractivity contribution in [2.75, 3.05) is 7.05 Å². The zero-order chi connectivity index (χ0) is 18.1. The van der Waals surface area contributed by atoms with Crippen LogP contribution >= 0.6 is 0 Å². The first-order valence-electron chi connectivity index (χ1n) is 7.65. The largest absolute Gasteiger partial charge is 0.360 e. The van der Waals surface area contributed by atoms with Gasteiger partial charge in [-0.1, -0.05) is 28.9 Å². The molecule has 0 saturated carbocycles. The van der Waals surface area contributed by atoms with Gasteiger partial charge < -0.3 is 4.52 Å². The van der Waals surface area contributed by atoms with Crippen LogP contribution in [0.3, 0.4) is 0 Å². The van der Waals surface area contributed by atoms with Gasteiger partial charge >= 0.3 is 0 Å². The number of sulfonamides is 1. The van der Waals surface area contributed by atoms with Crippen molar-refractivity contribution in [3.63, 3.8) is 0 Å². The van der Waals surface area contributed by atoms with Crippen molar-refractivity contribution in [3.8, 4) is 0 Å². The fourth-order valence-corrected chi connectivity index (χ4v) is 4.08. The molecule has 1 aromatic carbocycles. The predicted molar refractivity (Wildman–Crippen MR) is 90.2 cm³/mol. The number of nitrogens with zero attached hydrogens (tertiary/aromatic N) is 2. The standard InChI is InChI=1S/C17H22N2O4S/c1-11-6-7-15(12(2)10-11)8-9-16(20)19(5)24(21,22)17-13(3)18-23-14(17)4/h6-7,10H,8-9H2,1-5H3. The van der Waals surface area contributed by atoms with E-state index in [9.17, 15) is 13.2 Å². The highest BCUT2D eigenvalue weighted by Gasteiger charge is 2.31. The lowest BCUT2D eigenvalue weighted by Crippen LogP contribution is -2.34. The van der Waals surface area contributed by atoms with Crippen molar-refractivity contribution in [1.29, 1.82) is 0 Å². The molecule has 1 aromatic heterocycles. The van der Waals surface area contributed by atoms with E-state index in [0.717, 1.165) is 21.0 Å². The van der Waals surface area contributed by atoms with E-state index in [0.29, 0.717) is 6.42 Å². The van der Waals surface area contributed by atoms with E-state index in [1.165, 1.54) is 20.9 Å². The second kappa shape index (κ2) is 6.76. The Morgan fingerprint density at radius 2 is 1.88 bits per heavy atom. The zero-order valence-electron chi connectivity index (χ0n) is 14.6. The van der Waals surface area contributed by atoms with Crippen molar-refractivity contribution in [2.45, 2.75) is 45.4 Å². The highest BCUT2D eigenvalue weighted by atomic mass is 32.2. The monoisotopic (exact) mass is 350 g/mol. The molecule has 1 amide bonds. The maximum absolute atomic E-state index is 12.6. The molecule has 0 saturated heterocycles. The molecule has 0 atom stereocenters. The summed E-state index contributed by atoms with van der Waals surface area (Å²) in [5.74, 6) is -0.281. The molecule has 0 N–H and O–H groups in total. The molecule has 24 heavy (non-hydrogen) atoms. The quantitative estimate of drug-likeness (QED) is 0.828. The van der Waals surface area contributed by atoms with E-state index in [4.69, 9.17) is 4.52 Å². The van der Waals surface area contributed by atoms with Crippen LogP contribution in [0.25, 0.3) is 0 Å². The molecule has 0 aliphatic heterocycles. The Morgan fingerprint density at radius 3 is 2.42 bits per heavy atom. The average molecular weight is 350 g/mol. The van der Waals surface area contributed by atoms with E-state index in [2.05, 4.69) is 5.16 Å². The molecule has 2 rings (SSSR count). The third-order valence-corrected chi connectivity index (χ3v) is 6.07. The number of hydrogen-bond donors (Lipinski definition) is 0. The van der Waals surface area contributed by atoms with Gasteiger partial charge in [0.2, 0.25) is 5.91 Å². The van der Waals surface area contributed by atoms with Crippen molar-refractivity contribution >= 4 is 15.9 Å². The molecular weight excluding hydrogens is 328 g/mol. The smallest absolute Gasteiger partial charge is 0.271 e. The molecule has 0 aliphatic rings. The van der Waals surface area contributed by atoms with Gasteiger partial charge in [0.15, 0.2) is 10.7 Å². The first-order chi connectivity index (χ1) is 11.1. The Balaban J connectivity index is 2.15. The molecular formula is C17H22N2O4S. The van der Waals surface area contributed by atoms with E-state index >= 15 is 0 Å². The lowest BCUT2D eigenvalue weighted by Gasteiger charge is -2.17. The Labute approximate surface area is 142 Å². The number of benzene rings is 1. The minimum absolute atomic E-state index is 0.0372. The van der Waals surface area contributed by atoms with Gasteiger partial charge in [0.1, 0.15) is 5.69 Å². The summed E-state index contributed by atoms with van der Waals surface area (Å²) in [5.41, 5.74) is 3.54. The summed E-state index contributed by atoms with van der Waals surface area (Å²) in [4.78, 5) is 12.3. The van der Waals surface area contributed by atoms with Crippen molar-refractivity contribution in [2.24, 2.45) is 0 Å². The Kier molecular flexibility index (Phi) is 5.13. The number of carbonyl (C=O) groups excluding carboxylic acids is 1. The van der Waals surface area contributed by atoms with E-state index < -0.39 is 15.9 Å². The SMILES string of the molecule is Cc1ccc(CCC(=O)N(C)S(=O)(=O)c2c(C)noc2C)c(C)c1. The topological polar surface area (TPSA) is 80.5 Å². The second-order valence-corrected chi connectivity index (χ2v) is 7.86. The van der Waals surface area contributed by atoms with Crippen LogP contribution in [0.15, 0.2) is 27.6 Å². The van der Waals surface area contributed by atoms with Crippen LogP contribution in [-0.2, 0) is 21.2 Å². The van der Waals surface area contributed by atoms with Crippen LogP contribution in [0.2, 0.25) is 0 Å². The minimum atomic E-state index is -3.95. The van der Waals surface area contributed by atoms with Crippen molar-refractivity contribution in [3.05, 3.63) is 46.3 Å². The number of aromatic nitrogens is 1. The van der Waals surface area contributed by atoms with Gasteiger partial charge in [-0.15, -0.1) is 0 Å². The third-order valence-electron chi connectivity index (χ3n) is 4.04. The molecule has 1 heterocycles. The first kappa shape index (κ1) is 18.2. The van der Waals surface area contributed by atoms with E-state index in [-0.39, 0.29) is 22.8 Å². The molecule has 7 heteroatoms. The average Bonchev–Trinajstić information content (AvgIpc) is 2.84. The van der Waals surface area contributed by atoms with Crippen molar-refractivity contribution < 1.29 is 17.7 Å². The molecule has 2 aromatic rings. The van der Waals surface area contributed by atoms with Crippen molar-refractivity contribution in [1.82, 2.24) is 9.46 Å². The number of rotatable bonds is 5. The summed E-state index contributed by atoms with van der Waals surface area (Å²) in [6.07, 6.45) is 0.607. The highest BCUT2D eigenvalue weighted by Crippen LogP contribution is 2.23. The summed E-state index contributed by atoms with van der Waals surface area (Å²) in [7, 11) is -2.68. The number of carbonyl (C=O) groups is 1.